The highest BCUT2D eigenvalue weighted by Crippen LogP contribution is 2.14. The summed E-state index contributed by atoms with van der Waals surface area (Å²) in [6.45, 7) is 0.776. The molecule has 0 spiro atoms. The predicted molar refractivity (Wildman–Crippen MR) is 73.5 cm³/mol. The number of aromatic nitrogens is 3. The molecular formula is C13H14N4S. The van der Waals surface area contributed by atoms with Gasteiger partial charge in [-0.25, -0.2) is 4.98 Å². The highest BCUT2D eigenvalue weighted by molar-refractivity contribution is 7.09. The van der Waals surface area contributed by atoms with Crippen molar-refractivity contribution >= 4 is 22.4 Å². The molecule has 2 N–H and O–H groups in total. The Hall–Kier alpha value is -1.72. The Bertz CT molecular complexity index is 629. The van der Waals surface area contributed by atoms with Crippen molar-refractivity contribution in [3.05, 3.63) is 47.2 Å². The number of rotatable bonds is 4. The maximum absolute atomic E-state index is 6.18. The molecule has 1 atom stereocenters. The number of fused-ring (bicyclic) bond motifs is 1. The zero-order valence-electron chi connectivity index (χ0n) is 9.86. The summed E-state index contributed by atoms with van der Waals surface area (Å²) in [5.74, 6) is 0. The fourth-order valence-corrected chi connectivity index (χ4v) is 2.76. The molecular weight excluding hydrogens is 244 g/mol. The number of thiazole rings is 1. The van der Waals surface area contributed by atoms with E-state index in [-0.39, 0.29) is 6.04 Å². The van der Waals surface area contributed by atoms with Gasteiger partial charge in [-0.1, -0.05) is 12.1 Å². The van der Waals surface area contributed by atoms with Gasteiger partial charge in [0.15, 0.2) is 0 Å². The van der Waals surface area contributed by atoms with Crippen LogP contribution in [0, 0.1) is 0 Å². The molecule has 0 aliphatic heterocycles. The average molecular weight is 258 g/mol. The first-order chi connectivity index (χ1) is 8.83. The summed E-state index contributed by atoms with van der Waals surface area (Å²) in [5, 5.41) is 0. The van der Waals surface area contributed by atoms with Crippen LogP contribution in [0.15, 0.2) is 42.3 Å². The summed E-state index contributed by atoms with van der Waals surface area (Å²) >= 11 is 1.65. The van der Waals surface area contributed by atoms with Gasteiger partial charge in [0.2, 0.25) is 0 Å². The first-order valence-electron chi connectivity index (χ1n) is 5.86. The van der Waals surface area contributed by atoms with Crippen molar-refractivity contribution in [2.75, 3.05) is 0 Å². The summed E-state index contributed by atoms with van der Waals surface area (Å²) in [7, 11) is 0. The Morgan fingerprint density at radius 2 is 2.22 bits per heavy atom. The second-order valence-electron chi connectivity index (χ2n) is 4.32. The van der Waals surface area contributed by atoms with E-state index in [9.17, 15) is 0 Å². The fourth-order valence-electron chi connectivity index (χ4n) is 2.07. The van der Waals surface area contributed by atoms with E-state index in [2.05, 4.69) is 20.6 Å². The van der Waals surface area contributed by atoms with Crippen LogP contribution in [0.5, 0.6) is 0 Å². The number of benzene rings is 1. The van der Waals surface area contributed by atoms with E-state index >= 15 is 0 Å². The SMILES string of the molecule is NC(Cc1cncs1)Cn1cnc2ccccc21. The first-order valence-corrected chi connectivity index (χ1v) is 6.74. The first kappa shape index (κ1) is 11.4. The van der Waals surface area contributed by atoms with Gasteiger partial charge in [-0.3, -0.25) is 4.98 Å². The Labute approximate surface area is 109 Å². The number of para-hydroxylation sites is 2. The Morgan fingerprint density at radius 1 is 1.33 bits per heavy atom. The molecule has 2 heterocycles. The van der Waals surface area contributed by atoms with Crippen LogP contribution in [0.25, 0.3) is 11.0 Å². The zero-order chi connectivity index (χ0) is 12.4. The monoisotopic (exact) mass is 258 g/mol. The van der Waals surface area contributed by atoms with Crippen molar-refractivity contribution in [3.63, 3.8) is 0 Å². The van der Waals surface area contributed by atoms with Gasteiger partial charge in [-0.05, 0) is 12.1 Å². The lowest BCUT2D eigenvalue weighted by molar-refractivity contribution is 0.562. The van der Waals surface area contributed by atoms with E-state index in [0.29, 0.717) is 0 Å². The standard InChI is InChI=1S/C13H14N4S/c14-10(5-11-6-15-9-18-11)7-17-8-16-12-3-1-2-4-13(12)17/h1-4,6,8-10H,5,7,14H2. The highest BCUT2D eigenvalue weighted by atomic mass is 32.1. The Morgan fingerprint density at radius 3 is 3.06 bits per heavy atom. The minimum absolute atomic E-state index is 0.0862. The molecule has 1 aromatic carbocycles. The van der Waals surface area contributed by atoms with Gasteiger partial charge in [0.1, 0.15) is 0 Å². The number of hydrogen-bond acceptors (Lipinski definition) is 4. The molecule has 0 bridgehead atoms. The molecule has 1 unspecified atom stereocenters. The Kier molecular flexibility index (Phi) is 3.08. The average Bonchev–Trinajstić information content (AvgIpc) is 3.00. The predicted octanol–water partition coefficient (Wildman–Crippen LogP) is 2.06. The molecule has 0 amide bonds. The van der Waals surface area contributed by atoms with E-state index < -0.39 is 0 Å². The number of nitrogens with two attached hydrogens (primary N) is 1. The van der Waals surface area contributed by atoms with Crippen LogP contribution < -0.4 is 5.73 Å². The quantitative estimate of drug-likeness (QED) is 0.779. The van der Waals surface area contributed by atoms with Crippen molar-refractivity contribution in [1.29, 1.82) is 0 Å². The summed E-state index contributed by atoms with van der Waals surface area (Å²) < 4.78 is 2.11. The van der Waals surface area contributed by atoms with E-state index in [0.717, 1.165) is 24.0 Å². The van der Waals surface area contributed by atoms with Crippen LogP contribution in [0.1, 0.15) is 4.88 Å². The van der Waals surface area contributed by atoms with Crippen molar-refractivity contribution in [2.45, 2.75) is 19.0 Å². The van der Waals surface area contributed by atoms with Gasteiger partial charge in [-0.15, -0.1) is 11.3 Å². The van der Waals surface area contributed by atoms with Gasteiger partial charge < -0.3 is 10.3 Å². The lowest BCUT2D eigenvalue weighted by atomic mass is 10.2. The van der Waals surface area contributed by atoms with Crippen LogP contribution in [-0.2, 0) is 13.0 Å². The minimum atomic E-state index is 0.0862. The Balaban J connectivity index is 1.76. The van der Waals surface area contributed by atoms with Crippen LogP contribution in [-0.4, -0.2) is 20.6 Å². The van der Waals surface area contributed by atoms with Crippen LogP contribution in [0.4, 0.5) is 0 Å². The van der Waals surface area contributed by atoms with E-state index in [4.69, 9.17) is 5.73 Å². The number of imidazole rings is 1. The molecule has 0 fully saturated rings. The van der Waals surface area contributed by atoms with E-state index in [1.807, 2.05) is 36.2 Å². The molecule has 4 nitrogen and oxygen atoms in total. The smallest absolute Gasteiger partial charge is 0.0958 e. The maximum atomic E-state index is 6.18. The van der Waals surface area contributed by atoms with Crippen molar-refractivity contribution in [2.24, 2.45) is 5.73 Å². The number of nitrogens with zero attached hydrogens (tertiary/aromatic N) is 3. The van der Waals surface area contributed by atoms with Gasteiger partial charge in [0, 0.05) is 30.1 Å². The van der Waals surface area contributed by atoms with Crippen molar-refractivity contribution in [3.8, 4) is 0 Å². The summed E-state index contributed by atoms with van der Waals surface area (Å²) in [5.41, 5.74) is 10.2. The minimum Gasteiger partial charge on any atom is -0.329 e. The maximum Gasteiger partial charge on any atom is 0.0958 e. The lowest BCUT2D eigenvalue weighted by Crippen LogP contribution is -2.27. The largest absolute Gasteiger partial charge is 0.329 e. The third-order valence-electron chi connectivity index (χ3n) is 2.91. The van der Waals surface area contributed by atoms with Gasteiger partial charge in [0.25, 0.3) is 0 Å². The third-order valence-corrected chi connectivity index (χ3v) is 3.71. The van der Waals surface area contributed by atoms with E-state index in [1.165, 1.54) is 4.88 Å². The second-order valence-corrected chi connectivity index (χ2v) is 5.29. The zero-order valence-corrected chi connectivity index (χ0v) is 10.7. The third kappa shape index (κ3) is 2.27. The van der Waals surface area contributed by atoms with Crippen LogP contribution in [0.3, 0.4) is 0 Å². The fraction of sp³-hybridized carbons (Fsp3) is 0.231. The van der Waals surface area contributed by atoms with E-state index in [1.54, 1.807) is 11.3 Å². The summed E-state index contributed by atoms with van der Waals surface area (Å²) in [4.78, 5) is 9.66. The number of hydrogen-bond donors (Lipinski definition) is 1. The second kappa shape index (κ2) is 4.88. The van der Waals surface area contributed by atoms with Crippen molar-refractivity contribution < 1.29 is 0 Å². The molecule has 5 heteroatoms. The molecule has 3 aromatic rings. The summed E-state index contributed by atoms with van der Waals surface area (Å²) in [6.07, 6.45) is 4.60. The molecule has 0 aliphatic rings. The van der Waals surface area contributed by atoms with Crippen LogP contribution in [0.2, 0.25) is 0 Å². The topological polar surface area (TPSA) is 56.7 Å². The molecule has 0 saturated heterocycles. The highest BCUT2D eigenvalue weighted by Gasteiger charge is 2.08. The lowest BCUT2D eigenvalue weighted by Gasteiger charge is -2.11. The van der Waals surface area contributed by atoms with Gasteiger partial charge >= 0.3 is 0 Å². The normalized spacial score (nSPS) is 12.9. The molecule has 2 aromatic heterocycles. The van der Waals surface area contributed by atoms with Gasteiger partial charge in [0.05, 0.1) is 22.9 Å². The molecule has 18 heavy (non-hydrogen) atoms. The summed E-state index contributed by atoms with van der Waals surface area (Å²) in [6, 6.07) is 8.19. The molecule has 92 valence electrons. The van der Waals surface area contributed by atoms with Crippen molar-refractivity contribution in [1.82, 2.24) is 14.5 Å². The molecule has 0 saturated carbocycles. The van der Waals surface area contributed by atoms with Gasteiger partial charge in [-0.2, -0.15) is 0 Å². The van der Waals surface area contributed by atoms with Crippen LogP contribution >= 0.6 is 11.3 Å². The molecule has 3 rings (SSSR count). The molecule has 0 aliphatic carbocycles. The molecule has 0 radical (unpaired) electrons.